The number of para-hydroxylation sites is 1. The molecule has 1 N–H and O–H groups in total. The predicted octanol–water partition coefficient (Wildman–Crippen LogP) is 3.21. The van der Waals surface area contributed by atoms with Crippen molar-refractivity contribution in [1.29, 1.82) is 0 Å². The summed E-state index contributed by atoms with van der Waals surface area (Å²) in [5.41, 5.74) is 2.28. The number of rotatable bonds is 6. The second kappa shape index (κ2) is 7.14. The minimum absolute atomic E-state index is 0.114. The molecule has 0 fully saturated rings. The van der Waals surface area contributed by atoms with Crippen molar-refractivity contribution in [2.24, 2.45) is 0 Å². The molecule has 0 radical (unpaired) electrons. The highest BCUT2D eigenvalue weighted by Gasteiger charge is 2.30. The Morgan fingerprint density at radius 3 is 3.17 bits per heavy atom. The summed E-state index contributed by atoms with van der Waals surface area (Å²) < 4.78 is 0.796. The summed E-state index contributed by atoms with van der Waals surface area (Å²) in [5, 5.41) is 12.0. The SMILES string of the molecule is C=CCNc1nnc(SCC(=O)N2c3ccccc3CC2C)s1. The maximum absolute atomic E-state index is 12.6. The van der Waals surface area contributed by atoms with Gasteiger partial charge in [0, 0.05) is 18.3 Å². The zero-order valence-electron chi connectivity index (χ0n) is 12.9. The maximum Gasteiger partial charge on any atom is 0.237 e. The molecule has 120 valence electrons. The molecule has 1 amide bonds. The average Bonchev–Trinajstić information content (AvgIpc) is 3.13. The minimum atomic E-state index is 0.114. The molecular formula is C16H18N4OS2. The Hall–Kier alpha value is -1.86. The number of anilines is 2. The van der Waals surface area contributed by atoms with Crippen LogP contribution in [0.5, 0.6) is 0 Å². The predicted molar refractivity (Wildman–Crippen MR) is 96.4 cm³/mol. The van der Waals surface area contributed by atoms with Crippen molar-refractivity contribution in [1.82, 2.24) is 10.2 Å². The lowest BCUT2D eigenvalue weighted by Crippen LogP contribution is -2.36. The summed E-state index contributed by atoms with van der Waals surface area (Å²) in [4.78, 5) is 14.5. The van der Waals surface area contributed by atoms with Gasteiger partial charge in [0.2, 0.25) is 11.0 Å². The Morgan fingerprint density at radius 2 is 2.35 bits per heavy atom. The van der Waals surface area contributed by atoms with Crippen molar-refractivity contribution >= 4 is 39.8 Å². The second-order valence-corrected chi connectivity index (χ2v) is 7.48. The van der Waals surface area contributed by atoms with Crippen LogP contribution in [0.15, 0.2) is 41.3 Å². The molecule has 0 saturated heterocycles. The first-order valence-corrected chi connectivity index (χ1v) is 9.20. The van der Waals surface area contributed by atoms with E-state index in [2.05, 4.69) is 35.1 Å². The smallest absolute Gasteiger partial charge is 0.237 e. The van der Waals surface area contributed by atoms with Crippen LogP contribution >= 0.6 is 23.1 Å². The third kappa shape index (κ3) is 3.56. The third-order valence-electron chi connectivity index (χ3n) is 3.60. The highest BCUT2D eigenvalue weighted by atomic mass is 32.2. The molecule has 2 aromatic rings. The molecule has 1 unspecified atom stereocenters. The molecule has 0 aliphatic carbocycles. The summed E-state index contributed by atoms with van der Waals surface area (Å²) in [7, 11) is 0. The molecule has 0 spiro atoms. The van der Waals surface area contributed by atoms with E-state index in [1.807, 2.05) is 23.1 Å². The molecule has 1 atom stereocenters. The lowest BCUT2D eigenvalue weighted by Gasteiger charge is -2.22. The monoisotopic (exact) mass is 346 g/mol. The van der Waals surface area contributed by atoms with Gasteiger partial charge in [-0.05, 0) is 25.0 Å². The van der Waals surface area contributed by atoms with Gasteiger partial charge >= 0.3 is 0 Å². The van der Waals surface area contributed by atoms with Crippen molar-refractivity contribution in [2.45, 2.75) is 23.7 Å². The number of carbonyl (C=O) groups is 1. The largest absolute Gasteiger partial charge is 0.357 e. The quantitative estimate of drug-likeness (QED) is 0.643. The Bertz CT molecular complexity index is 716. The van der Waals surface area contributed by atoms with E-state index in [0.29, 0.717) is 12.3 Å². The van der Waals surface area contributed by atoms with Gasteiger partial charge in [-0.3, -0.25) is 4.79 Å². The summed E-state index contributed by atoms with van der Waals surface area (Å²) in [6.45, 7) is 6.39. The van der Waals surface area contributed by atoms with Crippen LogP contribution < -0.4 is 10.2 Å². The number of fused-ring (bicyclic) bond motifs is 1. The summed E-state index contributed by atoms with van der Waals surface area (Å²) >= 11 is 2.89. The molecule has 1 aliphatic rings. The van der Waals surface area contributed by atoms with E-state index in [0.717, 1.165) is 21.6 Å². The van der Waals surface area contributed by atoms with Crippen molar-refractivity contribution < 1.29 is 4.79 Å². The van der Waals surface area contributed by atoms with E-state index in [1.54, 1.807) is 6.08 Å². The number of nitrogens with zero attached hydrogens (tertiary/aromatic N) is 3. The van der Waals surface area contributed by atoms with E-state index in [1.165, 1.54) is 28.7 Å². The highest BCUT2D eigenvalue weighted by molar-refractivity contribution is 8.01. The van der Waals surface area contributed by atoms with Gasteiger partial charge in [-0.1, -0.05) is 47.4 Å². The van der Waals surface area contributed by atoms with Crippen molar-refractivity contribution in [3.63, 3.8) is 0 Å². The molecule has 1 aliphatic heterocycles. The van der Waals surface area contributed by atoms with Crippen LogP contribution in [0, 0.1) is 0 Å². The lowest BCUT2D eigenvalue weighted by molar-refractivity contribution is -0.116. The van der Waals surface area contributed by atoms with Crippen LogP contribution in [0.2, 0.25) is 0 Å². The van der Waals surface area contributed by atoms with Crippen LogP contribution in [0.4, 0.5) is 10.8 Å². The molecule has 7 heteroatoms. The zero-order chi connectivity index (χ0) is 16.2. The minimum Gasteiger partial charge on any atom is -0.357 e. The summed E-state index contributed by atoms with van der Waals surface area (Å²) in [5.74, 6) is 0.484. The van der Waals surface area contributed by atoms with Gasteiger partial charge in [0.1, 0.15) is 0 Å². The molecule has 23 heavy (non-hydrogen) atoms. The summed E-state index contributed by atoms with van der Waals surface area (Å²) in [6.07, 6.45) is 2.69. The summed E-state index contributed by atoms with van der Waals surface area (Å²) in [6, 6.07) is 8.32. The number of carbonyl (C=O) groups excluding carboxylic acids is 1. The molecule has 2 heterocycles. The zero-order valence-corrected chi connectivity index (χ0v) is 14.5. The lowest BCUT2D eigenvalue weighted by atomic mass is 10.1. The van der Waals surface area contributed by atoms with Crippen LogP contribution in [0.1, 0.15) is 12.5 Å². The van der Waals surface area contributed by atoms with Gasteiger partial charge in [-0.2, -0.15) is 0 Å². The molecule has 1 aromatic heterocycles. The van der Waals surface area contributed by atoms with E-state index in [9.17, 15) is 4.79 Å². The Labute approximate surface area is 143 Å². The van der Waals surface area contributed by atoms with Crippen LogP contribution in [-0.2, 0) is 11.2 Å². The molecular weight excluding hydrogens is 328 g/mol. The number of benzene rings is 1. The first-order valence-electron chi connectivity index (χ1n) is 7.40. The van der Waals surface area contributed by atoms with Gasteiger partial charge in [-0.15, -0.1) is 16.8 Å². The fourth-order valence-electron chi connectivity index (χ4n) is 2.64. The first-order chi connectivity index (χ1) is 11.2. The van der Waals surface area contributed by atoms with E-state index >= 15 is 0 Å². The van der Waals surface area contributed by atoms with Crippen LogP contribution in [0.25, 0.3) is 0 Å². The van der Waals surface area contributed by atoms with Crippen LogP contribution in [0.3, 0.4) is 0 Å². The van der Waals surface area contributed by atoms with E-state index in [4.69, 9.17) is 0 Å². The first kappa shape index (κ1) is 16.0. The van der Waals surface area contributed by atoms with E-state index < -0.39 is 0 Å². The molecule has 1 aromatic carbocycles. The fraction of sp³-hybridized carbons (Fsp3) is 0.312. The number of thioether (sulfide) groups is 1. The van der Waals surface area contributed by atoms with E-state index in [-0.39, 0.29) is 11.9 Å². The Morgan fingerprint density at radius 1 is 1.52 bits per heavy atom. The molecule has 5 nitrogen and oxygen atoms in total. The van der Waals surface area contributed by atoms with Crippen molar-refractivity contribution in [2.75, 3.05) is 22.5 Å². The maximum atomic E-state index is 12.6. The number of hydrogen-bond donors (Lipinski definition) is 1. The topological polar surface area (TPSA) is 58.1 Å². The van der Waals surface area contributed by atoms with Gasteiger partial charge in [-0.25, -0.2) is 0 Å². The number of nitrogens with one attached hydrogen (secondary N) is 1. The molecule has 0 bridgehead atoms. The van der Waals surface area contributed by atoms with Crippen molar-refractivity contribution in [3.05, 3.63) is 42.5 Å². The van der Waals surface area contributed by atoms with Crippen LogP contribution in [-0.4, -0.2) is 34.4 Å². The normalized spacial score (nSPS) is 16.2. The van der Waals surface area contributed by atoms with Gasteiger partial charge in [0.25, 0.3) is 0 Å². The number of aromatic nitrogens is 2. The number of amides is 1. The molecule has 3 rings (SSSR count). The highest BCUT2D eigenvalue weighted by Crippen LogP contribution is 2.33. The third-order valence-corrected chi connectivity index (χ3v) is 5.60. The van der Waals surface area contributed by atoms with Crippen molar-refractivity contribution in [3.8, 4) is 0 Å². The average molecular weight is 346 g/mol. The number of hydrogen-bond acceptors (Lipinski definition) is 6. The Kier molecular flexibility index (Phi) is 4.97. The fourth-order valence-corrected chi connectivity index (χ4v) is 4.26. The van der Waals surface area contributed by atoms with Gasteiger partial charge < -0.3 is 10.2 Å². The van der Waals surface area contributed by atoms with Gasteiger partial charge in [0.15, 0.2) is 4.34 Å². The second-order valence-electron chi connectivity index (χ2n) is 5.28. The Balaban J connectivity index is 1.61. The standard InChI is InChI=1S/C16H18N4OS2/c1-3-8-17-15-18-19-16(23-15)22-10-14(21)20-11(2)9-12-6-4-5-7-13(12)20/h3-7,11H,1,8-10H2,2H3,(H,17,18). The van der Waals surface area contributed by atoms with Gasteiger partial charge in [0.05, 0.1) is 5.75 Å². The molecule has 0 saturated carbocycles.